The largest absolute Gasteiger partial charge is 0.423 e. The molecule has 0 fully saturated rings. The maximum absolute atomic E-state index is 10.9. The van der Waals surface area contributed by atoms with Crippen LogP contribution < -0.4 is 11.5 Å². The minimum atomic E-state index is -2.71. The predicted molar refractivity (Wildman–Crippen MR) is 50.4 cm³/mol. The monoisotopic (exact) mass is 256 g/mol. The first kappa shape index (κ1) is 14.9. The van der Waals surface area contributed by atoms with E-state index in [0.717, 1.165) is 0 Å². The molecule has 94 valence electrons. The molecule has 0 aliphatic rings. The minimum absolute atomic E-state index is 0.708. The van der Waals surface area contributed by atoms with Gasteiger partial charge in [0.15, 0.2) is 0 Å². The third-order valence-corrected chi connectivity index (χ3v) is 1.90. The molecule has 0 aromatic heterocycles. The Morgan fingerprint density at radius 1 is 1.06 bits per heavy atom. The van der Waals surface area contributed by atoms with E-state index in [1.54, 1.807) is 0 Å². The summed E-state index contributed by atoms with van der Waals surface area (Å²) in [6.07, 6.45) is 0. The third-order valence-electron chi connectivity index (χ3n) is 1.30. The quantitative estimate of drug-likeness (QED) is 0.374. The van der Waals surface area contributed by atoms with Gasteiger partial charge < -0.3 is 30.0 Å². The van der Waals surface area contributed by atoms with Crippen LogP contribution in [0.2, 0.25) is 0 Å². The van der Waals surface area contributed by atoms with E-state index in [-0.39, 0.29) is 0 Å². The van der Waals surface area contributed by atoms with Crippen molar-refractivity contribution >= 4 is 23.3 Å². The van der Waals surface area contributed by atoms with Crippen molar-refractivity contribution in [1.29, 1.82) is 0 Å². The fraction of sp³-hybridized carbons (Fsp3) is 0.667. The summed E-state index contributed by atoms with van der Waals surface area (Å²) in [6, 6.07) is -2.76. The summed E-state index contributed by atoms with van der Waals surface area (Å²) in [5.74, 6) is -2.41. The fourth-order valence-electron chi connectivity index (χ4n) is 0.424. The third kappa shape index (κ3) is 5.14. The van der Waals surface area contributed by atoms with Gasteiger partial charge in [0.1, 0.15) is 12.1 Å². The van der Waals surface area contributed by atoms with Crippen LogP contribution >= 0.6 is 0 Å². The van der Waals surface area contributed by atoms with Crippen molar-refractivity contribution in [3.8, 4) is 0 Å². The highest BCUT2D eigenvalue weighted by Crippen LogP contribution is 1.95. The molecular formula is C6H12N2O7S. The van der Waals surface area contributed by atoms with Crippen molar-refractivity contribution in [3.05, 3.63) is 0 Å². The molecule has 0 aromatic carbocycles. The van der Waals surface area contributed by atoms with Crippen molar-refractivity contribution < 1.29 is 32.4 Å². The van der Waals surface area contributed by atoms with E-state index in [1.165, 1.54) is 0 Å². The van der Waals surface area contributed by atoms with Crippen LogP contribution in [0.5, 0.6) is 0 Å². The number of hydrogen-bond donors (Lipinski definition) is 4. The van der Waals surface area contributed by atoms with E-state index in [9.17, 15) is 13.8 Å². The topological polar surface area (TPSA) is 162 Å². The van der Waals surface area contributed by atoms with Crippen molar-refractivity contribution in [2.75, 3.05) is 13.2 Å². The number of aliphatic hydroxyl groups is 2. The average Bonchev–Trinajstić information content (AvgIpc) is 2.26. The van der Waals surface area contributed by atoms with Crippen LogP contribution in [-0.2, 0) is 29.3 Å². The van der Waals surface area contributed by atoms with E-state index in [0.29, 0.717) is 0 Å². The molecule has 0 aliphatic heterocycles. The molecule has 0 aliphatic carbocycles. The lowest BCUT2D eigenvalue weighted by Gasteiger charge is -2.08. The molecule has 0 bridgehead atoms. The van der Waals surface area contributed by atoms with Crippen molar-refractivity contribution in [2.24, 2.45) is 11.5 Å². The second-order valence-electron chi connectivity index (χ2n) is 2.59. The molecule has 6 N–H and O–H groups in total. The number of aliphatic hydroxyl groups excluding tert-OH is 2. The zero-order valence-electron chi connectivity index (χ0n) is 8.07. The van der Waals surface area contributed by atoms with Gasteiger partial charge in [0.2, 0.25) is 0 Å². The maximum atomic E-state index is 10.9. The Kier molecular flexibility index (Phi) is 6.76. The van der Waals surface area contributed by atoms with Crippen LogP contribution in [-0.4, -0.2) is 51.7 Å². The maximum Gasteiger partial charge on any atom is 0.423 e. The molecule has 0 unspecified atom stereocenters. The molecular weight excluding hydrogens is 244 g/mol. The Bertz CT molecular complexity index is 258. The smallest absolute Gasteiger partial charge is 0.394 e. The highest BCUT2D eigenvalue weighted by molar-refractivity contribution is 7.76. The Morgan fingerprint density at radius 3 is 1.62 bits per heavy atom. The number of carbonyl (C=O) groups excluding carboxylic acids is 2. The van der Waals surface area contributed by atoms with E-state index < -0.39 is 48.6 Å². The van der Waals surface area contributed by atoms with Crippen LogP contribution in [0, 0.1) is 0 Å². The second kappa shape index (κ2) is 7.24. The van der Waals surface area contributed by atoms with Crippen LogP contribution in [0.4, 0.5) is 0 Å². The van der Waals surface area contributed by atoms with Gasteiger partial charge in [0.25, 0.3) is 0 Å². The lowest BCUT2D eigenvalue weighted by atomic mass is 10.3. The molecule has 0 heterocycles. The Balaban J connectivity index is 4.09. The molecule has 16 heavy (non-hydrogen) atoms. The summed E-state index contributed by atoms with van der Waals surface area (Å²) < 4.78 is 18.9. The zero-order chi connectivity index (χ0) is 12.7. The number of hydrogen-bond acceptors (Lipinski definition) is 9. The Morgan fingerprint density at radius 2 is 1.38 bits per heavy atom. The van der Waals surface area contributed by atoms with Gasteiger partial charge in [-0.2, -0.15) is 4.21 Å². The first-order valence-corrected chi connectivity index (χ1v) is 5.01. The predicted octanol–water partition coefficient (Wildman–Crippen LogP) is -3.71. The number of rotatable bonds is 6. The number of nitrogens with two attached hydrogens (primary N) is 2. The molecule has 10 heteroatoms. The van der Waals surface area contributed by atoms with Gasteiger partial charge in [-0.05, 0) is 0 Å². The first-order chi connectivity index (χ1) is 7.42. The molecule has 0 saturated carbocycles. The fourth-order valence-corrected chi connectivity index (χ4v) is 0.973. The Hall–Kier alpha value is -1.07. The summed E-state index contributed by atoms with van der Waals surface area (Å²) in [5, 5.41) is 16.9. The van der Waals surface area contributed by atoms with E-state index >= 15 is 0 Å². The van der Waals surface area contributed by atoms with Crippen LogP contribution in [0.15, 0.2) is 0 Å². The van der Waals surface area contributed by atoms with Gasteiger partial charge in [-0.1, -0.05) is 0 Å². The Labute approximate surface area is 93.2 Å². The molecule has 0 rings (SSSR count). The molecule has 2 atom stereocenters. The van der Waals surface area contributed by atoms with Gasteiger partial charge in [-0.15, -0.1) is 0 Å². The van der Waals surface area contributed by atoms with Crippen LogP contribution in [0.3, 0.4) is 0 Å². The standard InChI is InChI=1S/C6H12N2O7S/c7-3(1-9)5(11)14-16(13)15-6(12)4(8)2-10/h3-4,9-10H,1-2,7-8H2/t3-,4-/m0/s1. The minimum Gasteiger partial charge on any atom is -0.394 e. The second-order valence-corrected chi connectivity index (χ2v) is 3.33. The highest BCUT2D eigenvalue weighted by Gasteiger charge is 2.22. The lowest BCUT2D eigenvalue weighted by molar-refractivity contribution is -0.139. The van der Waals surface area contributed by atoms with Crippen molar-refractivity contribution in [2.45, 2.75) is 12.1 Å². The van der Waals surface area contributed by atoms with Gasteiger partial charge in [-0.25, -0.2) is 9.59 Å². The van der Waals surface area contributed by atoms with Gasteiger partial charge in [0, 0.05) is 0 Å². The van der Waals surface area contributed by atoms with Crippen molar-refractivity contribution in [1.82, 2.24) is 0 Å². The lowest BCUT2D eigenvalue weighted by Crippen LogP contribution is -2.38. The molecule has 9 nitrogen and oxygen atoms in total. The van der Waals surface area contributed by atoms with E-state index in [1.807, 2.05) is 0 Å². The summed E-state index contributed by atoms with van der Waals surface area (Å²) in [5.41, 5.74) is 10.0. The first-order valence-electron chi connectivity index (χ1n) is 4.01. The molecule has 0 spiro atoms. The summed E-state index contributed by atoms with van der Waals surface area (Å²) in [6.45, 7) is -1.42. The van der Waals surface area contributed by atoms with Gasteiger partial charge >= 0.3 is 23.3 Å². The van der Waals surface area contributed by atoms with E-state index in [2.05, 4.69) is 8.37 Å². The normalized spacial score (nSPS) is 14.3. The van der Waals surface area contributed by atoms with Crippen molar-refractivity contribution in [3.63, 3.8) is 0 Å². The van der Waals surface area contributed by atoms with Crippen LogP contribution in [0.25, 0.3) is 0 Å². The summed E-state index contributed by atoms with van der Waals surface area (Å²) in [7, 11) is 0. The SMILES string of the molecule is N[C@@H](CO)C(=O)OS(=O)OC(=O)[C@@H](N)CO. The molecule has 0 saturated heterocycles. The van der Waals surface area contributed by atoms with Gasteiger partial charge in [0.05, 0.1) is 13.2 Å². The highest BCUT2D eigenvalue weighted by atomic mass is 32.2. The summed E-state index contributed by atoms with van der Waals surface area (Å²) >= 11 is -2.71. The van der Waals surface area contributed by atoms with E-state index in [4.69, 9.17) is 21.7 Å². The summed E-state index contributed by atoms with van der Waals surface area (Å²) in [4.78, 5) is 21.7. The molecule has 0 radical (unpaired) electrons. The number of carbonyl (C=O) groups is 2. The van der Waals surface area contributed by atoms with Crippen LogP contribution in [0.1, 0.15) is 0 Å². The zero-order valence-corrected chi connectivity index (χ0v) is 8.88. The average molecular weight is 256 g/mol. The van der Waals surface area contributed by atoms with Gasteiger partial charge in [-0.3, -0.25) is 0 Å². The molecule has 0 aromatic rings. The molecule has 0 amide bonds.